The third-order valence-corrected chi connectivity index (χ3v) is 1.89. The van der Waals surface area contributed by atoms with Crippen LogP contribution in [0, 0.1) is 0 Å². The van der Waals surface area contributed by atoms with Crippen molar-refractivity contribution in [1.29, 1.82) is 0 Å². The Hall–Kier alpha value is -1.59. The predicted octanol–water partition coefficient (Wildman–Crippen LogP) is 1.76. The van der Waals surface area contributed by atoms with Gasteiger partial charge in [-0.15, -0.1) is 0 Å². The number of carbonyl (C=O) groups is 1. The maximum Gasteiger partial charge on any atom is 0.418 e. The van der Waals surface area contributed by atoms with Crippen LogP contribution in [0.4, 0.5) is 13.2 Å². The Morgan fingerprint density at radius 3 is 2.53 bits per heavy atom. The molecule has 0 fully saturated rings. The first kappa shape index (κ1) is 11.5. The second-order valence-electron chi connectivity index (χ2n) is 2.96. The van der Waals surface area contributed by atoms with Crippen LogP contribution in [0.1, 0.15) is 28.5 Å². The van der Waals surface area contributed by atoms with Crippen LogP contribution in [0.15, 0.2) is 12.3 Å². The second-order valence-corrected chi connectivity index (χ2v) is 2.96. The van der Waals surface area contributed by atoms with Crippen LogP contribution in [-0.2, 0) is 12.6 Å². The van der Waals surface area contributed by atoms with Crippen LogP contribution in [0.25, 0.3) is 0 Å². The van der Waals surface area contributed by atoms with Crippen LogP contribution in [0.2, 0.25) is 0 Å². The number of amides is 1. The topological polar surface area (TPSA) is 56.0 Å². The minimum atomic E-state index is -4.61. The zero-order chi connectivity index (χ0) is 11.6. The minimum Gasteiger partial charge on any atom is -0.364 e. The maximum atomic E-state index is 12.5. The molecule has 0 spiro atoms. The van der Waals surface area contributed by atoms with E-state index >= 15 is 0 Å². The molecule has 2 N–H and O–H groups in total. The fraction of sp³-hybridized carbons (Fsp3) is 0.333. The molecule has 0 radical (unpaired) electrons. The summed E-state index contributed by atoms with van der Waals surface area (Å²) >= 11 is 0. The normalized spacial score (nSPS) is 11.5. The second kappa shape index (κ2) is 3.88. The number of rotatable bonds is 2. The van der Waals surface area contributed by atoms with Gasteiger partial charge >= 0.3 is 6.18 Å². The van der Waals surface area contributed by atoms with Gasteiger partial charge in [-0.2, -0.15) is 13.2 Å². The summed E-state index contributed by atoms with van der Waals surface area (Å²) in [6, 6.07) is 0.896. The van der Waals surface area contributed by atoms with Gasteiger partial charge in [0.1, 0.15) is 5.69 Å². The van der Waals surface area contributed by atoms with Crippen molar-refractivity contribution in [3.05, 3.63) is 29.1 Å². The monoisotopic (exact) mass is 218 g/mol. The largest absolute Gasteiger partial charge is 0.418 e. The Morgan fingerprint density at radius 1 is 1.53 bits per heavy atom. The van der Waals surface area contributed by atoms with Gasteiger partial charge in [0.15, 0.2) is 0 Å². The molecule has 0 aliphatic rings. The Kier molecular flexibility index (Phi) is 2.97. The molecule has 1 amide bonds. The summed E-state index contributed by atoms with van der Waals surface area (Å²) in [7, 11) is 0. The van der Waals surface area contributed by atoms with Gasteiger partial charge in [-0.3, -0.25) is 9.78 Å². The average Bonchev–Trinajstić information content (AvgIpc) is 2.15. The van der Waals surface area contributed by atoms with Gasteiger partial charge in [0.25, 0.3) is 5.91 Å². The van der Waals surface area contributed by atoms with Crippen LogP contribution in [-0.4, -0.2) is 10.9 Å². The van der Waals surface area contributed by atoms with E-state index in [-0.39, 0.29) is 0 Å². The molecule has 0 saturated heterocycles. The molecule has 1 aromatic heterocycles. The van der Waals surface area contributed by atoms with E-state index in [1.807, 2.05) is 0 Å². The summed E-state index contributed by atoms with van der Waals surface area (Å²) < 4.78 is 37.4. The molecule has 0 bridgehead atoms. The smallest absolute Gasteiger partial charge is 0.364 e. The molecule has 0 aliphatic heterocycles. The van der Waals surface area contributed by atoms with Crippen LogP contribution < -0.4 is 5.73 Å². The molecule has 0 atom stereocenters. The summed E-state index contributed by atoms with van der Waals surface area (Å²) in [5.74, 6) is -1.18. The first-order chi connectivity index (χ1) is 6.86. The number of halogens is 3. The number of nitrogens with two attached hydrogens (primary N) is 1. The van der Waals surface area contributed by atoms with E-state index in [2.05, 4.69) is 4.98 Å². The number of alkyl halides is 3. The van der Waals surface area contributed by atoms with E-state index in [4.69, 9.17) is 5.73 Å². The summed E-state index contributed by atoms with van der Waals surface area (Å²) in [6.07, 6.45) is -2.98. The first-order valence-corrected chi connectivity index (χ1v) is 4.22. The third-order valence-electron chi connectivity index (χ3n) is 1.89. The van der Waals surface area contributed by atoms with Gasteiger partial charge in [-0.05, 0) is 18.1 Å². The van der Waals surface area contributed by atoms with Crippen LogP contribution >= 0.6 is 0 Å². The summed E-state index contributed by atoms with van der Waals surface area (Å²) in [5, 5.41) is 0. The highest BCUT2D eigenvalue weighted by atomic mass is 19.4. The SMILES string of the molecule is CCc1cnc(C(N)=O)c(C(F)(F)F)c1. The van der Waals surface area contributed by atoms with Crippen molar-refractivity contribution in [3.63, 3.8) is 0 Å². The average molecular weight is 218 g/mol. The van der Waals surface area contributed by atoms with Crippen molar-refractivity contribution < 1.29 is 18.0 Å². The number of carbonyl (C=O) groups excluding carboxylic acids is 1. The molecule has 6 heteroatoms. The summed E-state index contributed by atoms with van der Waals surface area (Å²) in [5.41, 5.74) is 3.40. The van der Waals surface area contributed by atoms with E-state index in [9.17, 15) is 18.0 Å². The van der Waals surface area contributed by atoms with Gasteiger partial charge in [0.05, 0.1) is 5.56 Å². The van der Waals surface area contributed by atoms with Gasteiger partial charge in [0.2, 0.25) is 0 Å². The van der Waals surface area contributed by atoms with Crippen molar-refractivity contribution >= 4 is 5.91 Å². The van der Waals surface area contributed by atoms with E-state index in [0.29, 0.717) is 12.0 Å². The van der Waals surface area contributed by atoms with Gasteiger partial charge in [0, 0.05) is 6.20 Å². The maximum absolute atomic E-state index is 12.5. The molecule has 0 aromatic carbocycles. The van der Waals surface area contributed by atoms with Gasteiger partial charge < -0.3 is 5.73 Å². The van der Waals surface area contributed by atoms with Gasteiger partial charge in [-0.1, -0.05) is 6.92 Å². The van der Waals surface area contributed by atoms with Crippen molar-refractivity contribution in [2.45, 2.75) is 19.5 Å². The lowest BCUT2D eigenvalue weighted by Gasteiger charge is -2.10. The quantitative estimate of drug-likeness (QED) is 0.822. The minimum absolute atomic E-state index is 0.410. The molecule has 3 nitrogen and oxygen atoms in total. The number of aromatic nitrogens is 1. The first-order valence-electron chi connectivity index (χ1n) is 4.22. The Balaban J connectivity index is 3.36. The molecular formula is C9H9F3N2O. The Morgan fingerprint density at radius 2 is 2.13 bits per heavy atom. The molecule has 0 saturated carbocycles. The highest BCUT2D eigenvalue weighted by molar-refractivity contribution is 5.92. The summed E-state index contributed by atoms with van der Waals surface area (Å²) in [4.78, 5) is 14.1. The molecular weight excluding hydrogens is 209 g/mol. The highest BCUT2D eigenvalue weighted by Crippen LogP contribution is 2.31. The number of primary amides is 1. The molecule has 0 unspecified atom stereocenters. The molecule has 1 heterocycles. The lowest BCUT2D eigenvalue weighted by atomic mass is 10.1. The fourth-order valence-electron chi connectivity index (χ4n) is 1.11. The number of hydrogen-bond donors (Lipinski definition) is 1. The molecule has 15 heavy (non-hydrogen) atoms. The van der Waals surface area contributed by atoms with E-state index < -0.39 is 23.3 Å². The molecule has 82 valence electrons. The number of hydrogen-bond acceptors (Lipinski definition) is 2. The number of aryl methyl sites for hydroxylation is 1. The zero-order valence-electron chi connectivity index (χ0n) is 7.93. The van der Waals surface area contributed by atoms with Crippen molar-refractivity contribution in [2.75, 3.05) is 0 Å². The Bertz CT molecular complexity index is 387. The van der Waals surface area contributed by atoms with Crippen LogP contribution in [0.3, 0.4) is 0 Å². The zero-order valence-corrected chi connectivity index (χ0v) is 7.93. The fourth-order valence-corrected chi connectivity index (χ4v) is 1.11. The van der Waals surface area contributed by atoms with Crippen molar-refractivity contribution in [1.82, 2.24) is 4.98 Å². The lowest BCUT2D eigenvalue weighted by molar-refractivity contribution is -0.138. The summed E-state index contributed by atoms with van der Waals surface area (Å²) in [6.45, 7) is 1.70. The lowest BCUT2D eigenvalue weighted by Crippen LogP contribution is -2.20. The van der Waals surface area contributed by atoms with Crippen molar-refractivity contribution in [3.8, 4) is 0 Å². The predicted molar refractivity (Wildman–Crippen MR) is 47.1 cm³/mol. The van der Waals surface area contributed by atoms with E-state index in [1.54, 1.807) is 6.92 Å². The number of nitrogens with zero attached hydrogens (tertiary/aromatic N) is 1. The molecule has 0 aliphatic carbocycles. The van der Waals surface area contributed by atoms with Crippen molar-refractivity contribution in [2.24, 2.45) is 5.73 Å². The number of pyridine rings is 1. The van der Waals surface area contributed by atoms with E-state index in [1.165, 1.54) is 6.20 Å². The van der Waals surface area contributed by atoms with E-state index in [0.717, 1.165) is 6.07 Å². The molecule has 1 rings (SSSR count). The van der Waals surface area contributed by atoms with Gasteiger partial charge in [-0.25, -0.2) is 0 Å². The highest BCUT2D eigenvalue weighted by Gasteiger charge is 2.35. The van der Waals surface area contributed by atoms with Crippen LogP contribution in [0.5, 0.6) is 0 Å². The Labute approximate surface area is 84.1 Å². The third kappa shape index (κ3) is 2.45. The molecule has 1 aromatic rings. The standard InChI is InChI=1S/C9H9F3N2O/c1-2-5-3-6(9(10,11)12)7(8(13)15)14-4-5/h3-4H,2H2,1H3,(H2,13,15).